The van der Waals surface area contributed by atoms with Gasteiger partial charge in [0.25, 0.3) is 0 Å². The summed E-state index contributed by atoms with van der Waals surface area (Å²) in [4.78, 5) is 4.53. The predicted molar refractivity (Wildman–Crippen MR) is 109 cm³/mol. The minimum atomic E-state index is -3.48. The van der Waals surface area contributed by atoms with Crippen LogP contribution in [0.5, 0.6) is 11.5 Å². The zero-order chi connectivity index (χ0) is 19.4. The van der Waals surface area contributed by atoms with Gasteiger partial charge in [0.05, 0.1) is 5.03 Å². The maximum absolute atomic E-state index is 12.5. The van der Waals surface area contributed by atoms with Crippen LogP contribution in [0.1, 0.15) is 19.4 Å². The normalized spacial score (nSPS) is 13.8. The molecule has 2 heterocycles. The van der Waals surface area contributed by atoms with Gasteiger partial charge in [0.1, 0.15) is 18.1 Å². The van der Waals surface area contributed by atoms with E-state index in [4.69, 9.17) is 9.47 Å². The Morgan fingerprint density at radius 3 is 2.41 bits per heavy atom. The van der Waals surface area contributed by atoms with Crippen molar-refractivity contribution in [3.05, 3.63) is 40.5 Å². The van der Waals surface area contributed by atoms with Crippen molar-refractivity contribution in [3.8, 4) is 11.5 Å². The lowest BCUT2D eigenvalue weighted by Gasteiger charge is -2.20. The molecule has 0 atom stereocenters. The van der Waals surface area contributed by atoms with Crippen molar-refractivity contribution in [3.63, 3.8) is 0 Å². The lowest BCUT2D eigenvalue weighted by molar-refractivity contribution is 0.171. The predicted octanol–water partition coefficient (Wildman–Crippen LogP) is 3.94. The van der Waals surface area contributed by atoms with Crippen LogP contribution in [-0.4, -0.2) is 44.0 Å². The van der Waals surface area contributed by atoms with E-state index in [0.29, 0.717) is 32.1 Å². The van der Waals surface area contributed by atoms with E-state index in [1.54, 1.807) is 12.1 Å². The fourth-order valence-electron chi connectivity index (χ4n) is 2.69. The number of nitrogens with zero attached hydrogens (tertiary/aromatic N) is 2. The summed E-state index contributed by atoms with van der Waals surface area (Å²) >= 11 is 5.10. The summed E-state index contributed by atoms with van der Waals surface area (Å²) in [5, 5.41) is 0.760. The van der Waals surface area contributed by atoms with Crippen LogP contribution in [0.4, 0.5) is 0 Å². The van der Waals surface area contributed by atoms with Crippen molar-refractivity contribution in [1.82, 2.24) is 9.29 Å². The van der Waals surface area contributed by atoms with Crippen molar-refractivity contribution in [2.24, 2.45) is 0 Å². The first-order valence-electron chi connectivity index (χ1n) is 8.62. The van der Waals surface area contributed by atoms with Gasteiger partial charge >= 0.3 is 0 Å². The number of aromatic nitrogens is 1. The number of halogens is 1. The van der Waals surface area contributed by atoms with Crippen molar-refractivity contribution in [2.75, 3.05) is 26.3 Å². The number of fused-ring (bicyclic) bond motifs is 1. The highest BCUT2D eigenvalue weighted by atomic mass is 79.9. The number of pyridine rings is 1. The van der Waals surface area contributed by atoms with Gasteiger partial charge in [-0.05, 0) is 29.8 Å². The lowest BCUT2D eigenvalue weighted by Crippen LogP contribution is -2.30. The molecule has 2 aromatic rings. The summed E-state index contributed by atoms with van der Waals surface area (Å²) < 4.78 is 38.6. The second-order valence-corrected chi connectivity index (χ2v) is 9.59. The Hall–Kier alpha value is -1.29. The molecule has 1 aromatic heterocycles. The molecule has 1 aromatic carbocycles. The first kappa shape index (κ1) is 20.4. The number of hydrogen-bond acceptors (Lipinski definition) is 6. The van der Waals surface area contributed by atoms with E-state index in [-0.39, 0.29) is 4.90 Å². The summed E-state index contributed by atoms with van der Waals surface area (Å²) in [6.45, 7) is 5.63. The number of sulfonamides is 1. The minimum absolute atomic E-state index is 0.219. The van der Waals surface area contributed by atoms with E-state index >= 15 is 0 Å². The number of hydrogen-bond donors (Lipinski definition) is 0. The molecular formula is C18H21BrN2O4S2. The molecule has 3 rings (SSSR count). The summed E-state index contributed by atoms with van der Waals surface area (Å²) in [6.07, 6.45) is 1.43. The lowest BCUT2D eigenvalue weighted by atomic mass is 10.2. The third kappa shape index (κ3) is 4.59. The standard InChI is InChI=1S/C18H21BrN2O4S2/c1-3-21(4-2)27(22,23)14-5-6-18(20-11-14)26-12-13-9-16-17(10-15(13)19)25-8-7-24-16/h5-6,9-11H,3-4,7-8,12H2,1-2H3. The van der Waals surface area contributed by atoms with E-state index in [1.807, 2.05) is 26.0 Å². The Kier molecular flexibility index (Phi) is 6.67. The summed E-state index contributed by atoms with van der Waals surface area (Å²) in [5.74, 6) is 2.16. The Morgan fingerprint density at radius 2 is 1.81 bits per heavy atom. The average Bonchev–Trinajstić information content (AvgIpc) is 2.67. The van der Waals surface area contributed by atoms with Gasteiger partial charge in [0.15, 0.2) is 11.5 Å². The van der Waals surface area contributed by atoms with Crippen LogP contribution < -0.4 is 9.47 Å². The van der Waals surface area contributed by atoms with Crippen LogP contribution in [0.25, 0.3) is 0 Å². The van der Waals surface area contributed by atoms with Crippen molar-refractivity contribution in [2.45, 2.75) is 29.5 Å². The van der Waals surface area contributed by atoms with Gasteiger partial charge in [0, 0.05) is 29.5 Å². The van der Waals surface area contributed by atoms with Crippen LogP contribution in [0.2, 0.25) is 0 Å². The van der Waals surface area contributed by atoms with E-state index in [0.717, 1.165) is 26.6 Å². The Bertz CT molecular complexity index is 900. The fourth-order valence-corrected chi connectivity index (χ4v) is 5.57. The van der Waals surface area contributed by atoms with Gasteiger partial charge in [0.2, 0.25) is 10.0 Å². The monoisotopic (exact) mass is 472 g/mol. The summed E-state index contributed by atoms with van der Waals surface area (Å²) in [6, 6.07) is 7.23. The number of thioether (sulfide) groups is 1. The summed E-state index contributed by atoms with van der Waals surface area (Å²) in [5.41, 5.74) is 1.06. The highest BCUT2D eigenvalue weighted by molar-refractivity contribution is 9.10. The molecule has 27 heavy (non-hydrogen) atoms. The molecule has 1 aliphatic heterocycles. The van der Waals surface area contributed by atoms with E-state index in [2.05, 4.69) is 20.9 Å². The molecule has 9 heteroatoms. The topological polar surface area (TPSA) is 68.7 Å². The molecule has 0 saturated heterocycles. The smallest absolute Gasteiger partial charge is 0.244 e. The fraction of sp³-hybridized carbons (Fsp3) is 0.389. The second kappa shape index (κ2) is 8.81. The van der Waals surface area contributed by atoms with Gasteiger partial charge in [-0.2, -0.15) is 4.31 Å². The molecule has 0 spiro atoms. The van der Waals surface area contributed by atoms with Gasteiger partial charge in [-0.3, -0.25) is 0 Å². The van der Waals surface area contributed by atoms with Crippen LogP contribution in [0.3, 0.4) is 0 Å². The first-order chi connectivity index (χ1) is 13.0. The third-order valence-electron chi connectivity index (χ3n) is 4.14. The number of rotatable bonds is 7. The molecule has 0 radical (unpaired) electrons. The quantitative estimate of drug-likeness (QED) is 0.568. The Balaban J connectivity index is 1.71. The molecule has 0 saturated carbocycles. The van der Waals surface area contributed by atoms with E-state index < -0.39 is 10.0 Å². The molecule has 0 amide bonds. The highest BCUT2D eigenvalue weighted by Gasteiger charge is 2.22. The SMILES string of the molecule is CCN(CC)S(=O)(=O)c1ccc(SCc2cc3c(cc2Br)OCCO3)nc1. The maximum Gasteiger partial charge on any atom is 0.244 e. The largest absolute Gasteiger partial charge is 0.486 e. The molecule has 0 bridgehead atoms. The zero-order valence-electron chi connectivity index (χ0n) is 15.1. The van der Waals surface area contributed by atoms with E-state index in [1.165, 1.54) is 22.3 Å². The van der Waals surface area contributed by atoms with Crippen molar-refractivity contribution < 1.29 is 17.9 Å². The summed E-state index contributed by atoms with van der Waals surface area (Å²) in [7, 11) is -3.48. The van der Waals surface area contributed by atoms with E-state index in [9.17, 15) is 8.42 Å². The van der Waals surface area contributed by atoms with Crippen molar-refractivity contribution in [1.29, 1.82) is 0 Å². The van der Waals surface area contributed by atoms with Crippen LogP contribution in [0.15, 0.2) is 44.9 Å². The Morgan fingerprint density at radius 1 is 1.15 bits per heavy atom. The number of benzene rings is 1. The third-order valence-corrected chi connectivity index (χ3v) is 7.90. The molecule has 0 fully saturated rings. The first-order valence-corrected chi connectivity index (χ1v) is 11.8. The maximum atomic E-state index is 12.5. The molecule has 6 nitrogen and oxygen atoms in total. The number of ether oxygens (including phenoxy) is 2. The van der Waals surface area contributed by atoms with Gasteiger partial charge in [-0.15, -0.1) is 11.8 Å². The molecular weight excluding hydrogens is 452 g/mol. The van der Waals surface area contributed by atoms with Crippen LogP contribution in [0, 0.1) is 0 Å². The van der Waals surface area contributed by atoms with Crippen molar-refractivity contribution >= 4 is 37.7 Å². The average molecular weight is 473 g/mol. The van der Waals surface area contributed by atoms with Crippen LogP contribution >= 0.6 is 27.7 Å². The molecule has 0 aliphatic carbocycles. The van der Waals surface area contributed by atoms with Gasteiger partial charge < -0.3 is 9.47 Å². The zero-order valence-corrected chi connectivity index (χ0v) is 18.4. The van der Waals surface area contributed by atoms with Crippen LogP contribution in [-0.2, 0) is 15.8 Å². The van der Waals surface area contributed by atoms with Gasteiger partial charge in [-0.1, -0.05) is 29.8 Å². The minimum Gasteiger partial charge on any atom is -0.486 e. The second-order valence-electron chi connectivity index (χ2n) is 5.80. The van der Waals surface area contributed by atoms with Gasteiger partial charge in [-0.25, -0.2) is 13.4 Å². The molecule has 0 unspecified atom stereocenters. The molecule has 146 valence electrons. The highest BCUT2D eigenvalue weighted by Crippen LogP contribution is 2.37. The molecule has 0 N–H and O–H groups in total. The Labute approximate surface area is 172 Å². The molecule has 1 aliphatic rings.